The highest BCUT2D eigenvalue weighted by Crippen LogP contribution is 2.40. The second-order valence-electron chi connectivity index (χ2n) is 8.17. The maximum absolute atomic E-state index is 12.3. The molecule has 0 aliphatic heterocycles. The normalized spacial score (nSPS) is 21.1. The first-order valence-electron chi connectivity index (χ1n) is 10.3. The Morgan fingerprint density at radius 2 is 1.85 bits per heavy atom. The van der Waals surface area contributed by atoms with Crippen LogP contribution >= 0.6 is 0 Å². The molecule has 2 atom stereocenters. The number of hydrogen-bond acceptors (Lipinski definition) is 3. The Balaban J connectivity index is 1.83. The van der Waals surface area contributed by atoms with E-state index < -0.39 is 5.97 Å². The van der Waals surface area contributed by atoms with E-state index in [0.717, 1.165) is 25.4 Å². The van der Waals surface area contributed by atoms with Crippen LogP contribution in [-0.4, -0.2) is 5.97 Å². The van der Waals surface area contributed by atoms with Crippen LogP contribution in [0, 0.1) is 23.9 Å². The van der Waals surface area contributed by atoms with E-state index in [2.05, 4.69) is 27.7 Å². The summed E-state index contributed by atoms with van der Waals surface area (Å²) < 4.78 is 0. The zero-order valence-electron chi connectivity index (χ0n) is 16.9. The summed E-state index contributed by atoms with van der Waals surface area (Å²) in [5, 5.41) is 0. The smallest absolute Gasteiger partial charge is 0.292 e. The van der Waals surface area contributed by atoms with Crippen molar-refractivity contribution in [2.24, 2.45) is 17.8 Å². The quantitative estimate of drug-likeness (QED) is 0.286. The zero-order chi connectivity index (χ0) is 18.9. The van der Waals surface area contributed by atoms with Gasteiger partial charge in [-0.2, -0.15) is 4.89 Å². The minimum Gasteiger partial charge on any atom is -0.292 e. The van der Waals surface area contributed by atoms with Gasteiger partial charge in [0.1, 0.15) is 0 Å². The van der Waals surface area contributed by atoms with Crippen LogP contribution in [0.25, 0.3) is 0 Å². The number of rotatable bonds is 9. The van der Waals surface area contributed by atoms with Crippen molar-refractivity contribution in [1.82, 2.24) is 0 Å². The van der Waals surface area contributed by atoms with Gasteiger partial charge in [0.2, 0.25) is 0 Å². The molecular weight excluding hydrogens is 324 g/mol. The summed E-state index contributed by atoms with van der Waals surface area (Å²) in [5.74, 6) is 1.06. The summed E-state index contributed by atoms with van der Waals surface area (Å²) in [4.78, 5) is 23.0. The van der Waals surface area contributed by atoms with Gasteiger partial charge >= 0.3 is 5.97 Å². The predicted molar refractivity (Wildman–Crippen MR) is 105 cm³/mol. The largest absolute Gasteiger partial charge is 0.373 e. The van der Waals surface area contributed by atoms with Gasteiger partial charge in [-0.25, -0.2) is 4.79 Å². The number of benzene rings is 1. The van der Waals surface area contributed by atoms with E-state index in [0.29, 0.717) is 23.3 Å². The Labute approximate surface area is 159 Å². The van der Waals surface area contributed by atoms with E-state index in [-0.39, 0.29) is 0 Å². The number of unbranched alkanes of at least 4 members (excludes halogenated alkanes) is 3. The molecule has 145 valence electrons. The Hall–Kier alpha value is -1.35. The minimum absolute atomic E-state index is 0.379. The molecule has 1 aromatic carbocycles. The average molecular weight is 360 g/mol. The fraction of sp³-hybridized carbons (Fsp3) is 0.652. The molecule has 1 aromatic rings. The van der Waals surface area contributed by atoms with Crippen molar-refractivity contribution in [1.29, 1.82) is 0 Å². The van der Waals surface area contributed by atoms with Gasteiger partial charge in [0.25, 0.3) is 0 Å². The highest BCUT2D eigenvalue weighted by molar-refractivity contribution is 5.88. The summed E-state index contributed by atoms with van der Waals surface area (Å²) in [7, 11) is 0. The monoisotopic (exact) mass is 359 g/mol. The van der Waals surface area contributed by atoms with E-state index >= 15 is 0 Å². The van der Waals surface area contributed by atoms with Gasteiger partial charge in [-0.05, 0) is 61.1 Å². The van der Waals surface area contributed by atoms with E-state index in [9.17, 15) is 4.79 Å². The third kappa shape index (κ3) is 6.42. The molecule has 2 unspecified atom stereocenters. The van der Waals surface area contributed by atoms with Crippen molar-refractivity contribution in [2.45, 2.75) is 79.1 Å². The van der Waals surface area contributed by atoms with Crippen LogP contribution in [0.3, 0.4) is 0 Å². The molecule has 3 heteroatoms. The fourth-order valence-electron chi connectivity index (χ4n) is 3.73. The van der Waals surface area contributed by atoms with E-state index in [1.165, 1.54) is 37.7 Å². The summed E-state index contributed by atoms with van der Waals surface area (Å²) >= 11 is 0. The molecule has 0 heterocycles. The van der Waals surface area contributed by atoms with Gasteiger partial charge in [-0.3, -0.25) is 4.89 Å². The van der Waals surface area contributed by atoms with Crippen LogP contribution in [0.4, 0.5) is 0 Å². The zero-order valence-corrected chi connectivity index (χ0v) is 16.9. The standard InChI is InChI=1S/C23H35O3/c1-5-6-7-8-9-19-11-13-20(14-12-19)23(24)26-25-22-16-18(4)10-15-21(22)17(2)3/h11-14,17-18,21H,5-10,15-16H2,1-4H3. The van der Waals surface area contributed by atoms with Crippen LogP contribution in [-0.2, 0) is 16.2 Å². The predicted octanol–water partition coefficient (Wildman–Crippen LogP) is 6.52. The van der Waals surface area contributed by atoms with Gasteiger partial charge in [0, 0.05) is 0 Å². The van der Waals surface area contributed by atoms with Crippen LogP contribution < -0.4 is 0 Å². The van der Waals surface area contributed by atoms with Crippen molar-refractivity contribution in [3.63, 3.8) is 0 Å². The van der Waals surface area contributed by atoms with Crippen LogP contribution in [0.2, 0.25) is 0 Å². The van der Waals surface area contributed by atoms with E-state index in [1.54, 1.807) is 0 Å². The summed E-state index contributed by atoms with van der Waals surface area (Å²) in [5.41, 5.74) is 1.82. The molecule has 1 fully saturated rings. The van der Waals surface area contributed by atoms with Crippen molar-refractivity contribution in [2.75, 3.05) is 0 Å². The van der Waals surface area contributed by atoms with Crippen LogP contribution in [0.15, 0.2) is 24.3 Å². The highest BCUT2D eigenvalue weighted by atomic mass is 17.2. The third-order valence-electron chi connectivity index (χ3n) is 5.47. The maximum atomic E-state index is 12.3. The molecule has 1 radical (unpaired) electrons. The molecule has 26 heavy (non-hydrogen) atoms. The first-order valence-corrected chi connectivity index (χ1v) is 10.3. The molecule has 0 spiro atoms. The third-order valence-corrected chi connectivity index (χ3v) is 5.47. The van der Waals surface area contributed by atoms with Crippen molar-refractivity contribution in [3.8, 4) is 0 Å². The second-order valence-corrected chi connectivity index (χ2v) is 8.17. The van der Waals surface area contributed by atoms with Crippen molar-refractivity contribution >= 4 is 5.97 Å². The van der Waals surface area contributed by atoms with Crippen LogP contribution in [0.1, 0.15) is 88.6 Å². The van der Waals surface area contributed by atoms with Gasteiger partial charge in [0.05, 0.1) is 5.56 Å². The number of carbonyl (C=O) groups excluding carboxylic acids is 1. The number of aryl methyl sites for hydroxylation is 1. The number of hydrogen-bond donors (Lipinski definition) is 0. The molecule has 0 amide bonds. The SMILES string of the molecule is CCCCCCc1ccc(C(=O)OO[C]2CC(C)CCC2C(C)C)cc1. The Kier molecular flexibility index (Phi) is 8.64. The lowest BCUT2D eigenvalue weighted by atomic mass is 9.75. The minimum atomic E-state index is -0.407. The van der Waals surface area contributed by atoms with E-state index in [4.69, 9.17) is 9.78 Å². The lowest BCUT2D eigenvalue weighted by Gasteiger charge is -2.34. The average Bonchev–Trinajstić information content (AvgIpc) is 2.63. The second kappa shape index (κ2) is 10.7. The Morgan fingerprint density at radius 1 is 1.12 bits per heavy atom. The summed E-state index contributed by atoms with van der Waals surface area (Å²) in [6.45, 7) is 8.84. The summed E-state index contributed by atoms with van der Waals surface area (Å²) in [6, 6.07) is 7.73. The van der Waals surface area contributed by atoms with Gasteiger partial charge < -0.3 is 0 Å². The topological polar surface area (TPSA) is 35.5 Å². The highest BCUT2D eigenvalue weighted by Gasteiger charge is 2.34. The fourth-order valence-corrected chi connectivity index (χ4v) is 3.73. The van der Waals surface area contributed by atoms with Gasteiger partial charge in [-0.15, -0.1) is 0 Å². The molecule has 1 saturated carbocycles. The number of carbonyl (C=O) groups is 1. The molecule has 0 bridgehead atoms. The first kappa shape index (κ1) is 21.0. The molecule has 3 nitrogen and oxygen atoms in total. The van der Waals surface area contributed by atoms with Crippen molar-refractivity contribution < 1.29 is 14.6 Å². The maximum Gasteiger partial charge on any atom is 0.373 e. The lowest BCUT2D eigenvalue weighted by molar-refractivity contribution is -0.251. The molecule has 1 aliphatic rings. The van der Waals surface area contributed by atoms with E-state index in [1.807, 2.05) is 24.3 Å². The molecular formula is C23H35O3. The summed E-state index contributed by atoms with van der Waals surface area (Å²) in [6.07, 6.45) is 10.2. The van der Waals surface area contributed by atoms with Crippen molar-refractivity contribution in [3.05, 3.63) is 41.5 Å². The Morgan fingerprint density at radius 3 is 2.50 bits per heavy atom. The van der Waals surface area contributed by atoms with Gasteiger partial charge in [-0.1, -0.05) is 65.5 Å². The first-order chi connectivity index (χ1) is 12.5. The molecule has 0 N–H and O–H groups in total. The molecule has 0 saturated heterocycles. The molecule has 0 aromatic heterocycles. The molecule has 1 aliphatic carbocycles. The van der Waals surface area contributed by atoms with Crippen LogP contribution in [0.5, 0.6) is 0 Å². The Bertz CT molecular complexity index is 535. The molecule has 2 rings (SSSR count). The lowest BCUT2D eigenvalue weighted by Crippen LogP contribution is -2.28. The van der Waals surface area contributed by atoms with Gasteiger partial charge in [0.15, 0.2) is 6.10 Å².